The SMILES string of the molecule is c1ccc2c(c1)-c1ccc(N(c3ccc4c(c3)oc3ccccc34)c3cccc4c(-c5ccc6c(c5)-c5ccccc5[C@]65C6CC7C[C@@H](C6)C[C@@H]5C7)cccc34)cc1C21CCCCC1. The third-order valence-electron chi connectivity index (χ3n) is 17.8. The molecule has 1 aromatic heterocycles. The Morgan fingerprint density at radius 1 is 0.406 bits per heavy atom. The van der Waals surface area contributed by atoms with Crippen LogP contribution in [0.25, 0.3) is 66.1 Å². The van der Waals surface area contributed by atoms with Crippen molar-refractivity contribution in [3.8, 4) is 33.4 Å². The molecule has 0 N–H and O–H groups in total. The first-order valence-corrected chi connectivity index (χ1v) is 24.4. The highest BCUT2D eigenvalue weighted by Crippen LogP contribution is 2.69. The van der Waals surface area contributed by atoms with Gasteiger partial charge in [0.1, 0.15) is 11.2 Å². The number of rotatable bonds is 4. The first-order valence-electron chi connectivity index (χ1n) is 24.4. The lowest BCUT2D eigenvalue weighted by molar-refractivity contribution is -0.0399. The van der Waals surface area contributed by atoms with Gasteiger partial charge in [0, 0.05) is 44.4 Å². The molecule has 0 atom stereocenters. The number of nitrogens with zero attached hydrogens (tertiary/aromatic N) is 1. The second-order valence-electron chi connectivity index (χ2n) is 20.7. The van der Waals surface area contributed by atoms with E-state index in [1.807, 2.05) is 0 Å². The summed E-state index contributed by atoms with van der Waals surface area (Å²) < 4.78 is 6.59. The average molecular weight is 826 g/mol. The van der Waals surface area contributed by atoms with Gasteiger partial charge in [-0.05, 0) is 172 Å². The molecule has 0 amide bonds. The van der Waals surface area contributed by atoms with E-state index in [1.165, 1.54) is 131 Å². The predicted octanol–water partition coefficient (Wildman–Crippen LogP) is 16.8. The van der Waals surface area contributed by atoms with E-state index in [9.17, 15) is 0 Å². The Kier molecular flexibility index (Phi) is 7.37. The molecule has 0 aliphatic heterocycles. The zero-order chi connectivity index (χ0) is 41.7. The van der Waals surface area contributed by atoms with E-state index in [2.05, 4.69) is 169 Å². The van der Waals surface area contributed by atoms with Gasteiger partial charge in [-0.15, -0.1) is 0 Å². The Balaban J connectivity index is 0.915. The van der Waals surface area contributed by atoms with Crippen LogP contribution in [0.5, 0.6) is 0 Å². The zero-order valence-corrected chi connectivity index (χ0v) is 36.3. The standard InChI is InChI=1S/C62H51NO/c1-8-28-61(29-9-1)54-18-5-2-12-47(54)49-25-23-43(36-57(49)61)63(44-24-26-52-51-14-4-7-21-59(51)64-60(52)37-44)58-20-11-16-46-45(15-10-17-50(46)58)40-22-27-56-53(35-40)48-13-3-6-19-55(48)62(56)41-31-38-30-39(33-41)34-42(62)32-38/h2-7,10-27,35-39,41-42H,1,8-9,28-34H2/t38-,39?,41-,42?,62+/m1/s1. The van der Waals surface area contributed by atoms with Crippen LogP contribution in [0.3, 0.4) is 0 Å². The van der Waals surface area contributed by atoms with Gasteiger partial charge >= 0.3 is 0 Å². The number of para-hydroxylation sites is 1. The second-order valence-corrected chi connectivity index (χ2v) is 20.7. The minimum atomic E-state index is 0.0574. The fourth-order valence-corrected chi connectivity index (χ4v) is 15.6. The van der Waals surface area contributed by atoms with Gasteiger partial charge in [0.15, 0.2) is 0 Å². The monoisotopic (exact) mass is 825 g/mol. The van der Waals surface area contributed by atoms with Crippen molar-refractivity contribution in [1.29, 1.82) is 0 Å². The van der Waals surface area contributed by atoms with Crippen LogP contribution in [0.2, 0.25) is 0 Å². The quantitative estimate of drug-likeness (QED) is 0.176. The molecular weight excluding hydrogens is 775 g/mol. The molecule has 9 aromatic rings. The van der Waals surface area contributed by atoms with E-state index in [1.54, 1.807) is 11.1 Å². The molecule has 310 valence electrons. The summed E-state index contributed by atoms with van der Waals surface area (Å²) in [5, 5.41) is 4.84. The van der Waals surface area contributed by atoms with Gasteiger partial charge in [-0.1, -0.05) is 135 Å². The molecule has 8 aromatic carbocycles. The molecule has 5 fully saturated rings. The molecule has 64 heavy (non-hydrogen) atoms. The van der Waals surface area contributed by atoms with Crippen LogP contribution in [0.4, 0.5) is 17.1 Å². The molecule has 2 nitrogen and oxygen atoms in total. The van der Waals surface area contributed by atoms with Crippen molar-refractivity contribution in [2.75, 3.05) is 4.90 Å². The lowest BCUT2D eigenvalue weighted by atomic mass is 9.43. The second kappa shape index (κ2) is 13.1. The fraction of sp³-hybridized carbons (Fsp3) is 0.258. The summed E-state index contributed by atoms with van der Waals surface area (Å²) in [4.78, 5) is 2.52. The number of fused-ring (bicyclic) bond motifs is 12. The minimum Gasteiger partial charge on any atom is -0.456 e. The van der Waals surface area contributed by atoms with E-state index in [0.717, 1.165) is 51.3 Å². The number of anilines is 3. The summed E-state index contributed by atoms with van der Waals surface area (Å²) in [5.41, 5.74) is 20.2. The van der Waals surface area contributed by atoms with Crippen LogP contribution in [0, 0.1) is 23.7 Å². The number of furan rings is 1. The van der Waals surface area contributed by atoms with Gasteiger partial charge in [0.2, 0.25) is 0 Å². The Labute approximate surface area is 375 Å². The highest BCUT2D eigenvalue weighted by Gasteiger charge is 2.61. The molecule has 2 heteroatoms. The first-order chi connectivity index (χ1) is 31.7. The maximum atomic E-state index is 6.59. The first kappa shape index (κ1) is 36.0. The number of hydrogen-bond donors (Lipinski definition) is 0. The summed E-state index contributed by atoms with van der Waals surface area (Å²) >= 11 is 0. The molecule has 1 heterocycles. The molecule has 7 aliphatic rings. The van der Waals surface area contributed by atoms with Crippen molar-refractivity contribution in [2.45, 2.75) is 75.0 Å². The van der Waals surface area contributed by atoms with E-state index < -0.39 is 0 Å². The van der Waals surface area contributed by atoms with Crippen molar-refractivity contribution < 1.29 is 4.42 Å². The number of hydrogen-bond acceptors (Lipinski definition) is 2. The maximum absolute atomic E-state index is 6.59. The van der Waals surface area contributed by atoms with Crippen molar-refractivity contribution in [3.63, 3.8) is 0 Å². The van der Waals surface area contributed by atoms with Gasteiger partial charge in [0.05, 0.1) is 5.69 Å². The summed E-state index contributed by atoms with van der Waals surface area (Å²) in [6.07, 6.45) is 13.4. The third kappa shape index (κ3) is 4.71. The molecule has 0 radical (unpaired) electrons. The largest absolute Gasteiger partial charge is 0.456 e. The van der Waals surface area contributed by atoms with Gasteiger partial charge < -0.3 is 9.32 Å². The highest BCUT2D eigenvalue weighted by atomic mass is 16.3. The Morgan fingerprint density at radius 2 is 1.03 bits per heavy atom. The van der Waals surface area contributed by atoms with Crippen molar-refractivity contribution in [2.24, 2.45) is 23.7 Å². The third-order valence-corrected chi connectivity index (χ3v) is 17.8. The molecule has 7 aliphatic carbocycles. The Hall–Kier alpha value is -6.38. The summed E-state index contributed by atoms with van der Waals surface area (Å²) in [6, 6.07) is 63.0. The summed E-state index contributed by atoms with van der Waals surface area (Å²) in [6.45, 7) is 0. The van der Waals surface area contributed by atoms with E-state index >= 15 is 0 Å². The van der Waals surface area contributed by atoms with Crippen molar-refractivity contribution in [1.82, 2.24) is 0 Å². The summed E-state index contributed by atoms with van der Waals surface area (Å²) in [5.74, 6) is 3.41. The van der Waals surface area contributed by atoms with E-state index in [-0.39, 0.29) is 10.8 Å². The molecule has 2 spiro atoms. The van der Waals surface area contributed by atoms with Gasteiger partial charge in [-0.25, -0.2) is 0 Å². The Morgan fingerprint density at radius 3 is 1.88 bits per heavy atom. The van der Waals surface area contributed by atoms with Crippen LogP contribution < -0.4 is 4.90 Å². The zero-order valence-electron chi connectivity index (χ0n) is 36.3. The van der Waals surface area contributed by atoms with Gasteiger partial charge in [-0.3, -0.25) is 0 Å². The number of benzene rings is 8. The van der Waals surface area contributed by atoms with E-state index in [4.69, 9.17) is 4.42 Å². The molecule has 0 saturated heterocycles. The maximum Gasteiger partial charge on any atom is 0.137 e. The smallest absolute Gasteiger partial charge is 0.137 e. The topological polar surface area (TPSA) is 16.4 Å². The lowest BCUT2D eigenvalue weighted by Crippen LogP contribution is -2.55. The molecular formula is C62H51NO. The molecule has 4 bridgehead atoms. The fourth-order valence-electron chi connectivity index (χ4n) is 15.6. The van der Waals surface area contributed by atoms with Crippen LogP contribution in [0.1, 0.15) is 86.5 Å². The van der Waals surface area contributed by atoms with Gasteiger partial charge in [0.25, 0.3) is 0 Å². The van der Waals surface area contributed by atoms with Crippen molar-refractivity contribution >= 4 is 49.8 Å². The van der Waals surface area contributed by atoms with E-state index in [0.29, 0.717) is 0 Å². The van der Waals surface area contributed by atoms with Crippen LogP contribution in [-0.4, -0.2) is 0 Å². The van der Waals surface area contributed by atoms with Crippen LogP contribution in [0.15, 0.2) is 168 Å². The normalized spacial score (nSPS) is 24.1. The van der Waals surface area contributed by atoms with Crippen LogP contribution >= 0.6 is 0 Å². The minimum absolute atomic E-state index is 0.0574. The summed E-state index contributed by atoms with van der Waals surface area (Å²) in [7, 11) is 0. The highest BCUT2D eigenvalue weighted by molar-refractivity contribution is 6.09. The Bertz CT molecular complexity index is 3390. The molecule has 5 saturated carbocycles. The molecule has 16 rings (SSSR count). The predicted molar refractivity (Wildman–Crippen MR) is 264 cm³/mol. The lowest BCUT2D eigenvalue weighted by Gasteiger charge is -2.61. The average Bonchev–Trinajstić information content (AvgIpc) is 3.95. The van der Waals surface area contributed by atoms with Crippen molar-refractivity contribution in [3.05, 3.63) is 186 Å². The van der Waals surface area contributed by atoms with Gasteiger partial charge in [-0.2, -0.15) is 0 Å². The molecule has 0 unspecified atom stereocenters. The van der Waals surface area contributed by atoms with Crippen LogP contribution in [-0.2, 0) is 10.8 Å².